The lowest BCUT2D eigenvalue weighted by Crippen LogP contribution is -2.33. The van der Waals surface area contributed by atoms with Crippen LogP contribution in [0.5, 0.6) is 0 Å². The van der Waals surface area contributed by atoms with Gasteiger partial charge in [0.25, 0.3) is 5.91 Å². The molecule has 0 radical (unpaired) electrons. The van der Waals surface area contributed by atoms with Crippen LogP contribution in [0.4, 0.5) is 0 Å². The van der Waals surface area contributed by atoms with E-state index < -0.39 is 12.0 Å². The third kappa shape index (κ3) is 2.83. The molecular formula is C10H13NO3. The molecule has 4 nitrogen and oxygen atoms in total. The summed E-state index contributed by atoms with van der Waals surface area (Å²) in [5.41, 5.74) is 0.399. The SMILES string of the molecule is CC(O)CN(O)C(=O)c1ccccc1. The van der Waals surface area contributed by atoms with Gasteiger partial charge in [0.15, 0.2) is 0 Å². The molecule has 1 amide bonds. The quantitative estimate of drug-likeness (QED) is 0.556. The molecule has 1 rings (SSSR count). The lowest BCUT2D eigenvalue weighted by atomic mass is 10.2. The number of aliphatic hydroxyl groups is 1. The summed E-state index contributed by atoms with van der Waals surface area (Å²) >= 11 is 0. The molecule has 1 unspecified atom stereocenters. The Morgan fingerprint density at radius 2 is 2.00 bits per heavy atom. The van der Waals surface area contributed by atoms with E-state index in [1.165, 1.54) is 6.92 Å². The number of nitrogens with zero attached hydrogens (tertiary/aromatic N) is 1. The van der Waals surface area contributed by atoms with Crippen molar-refractivity contribution in [3.8, 4) is 0 Å². The summed E-state index contributed by atoms with van der Waals surface area (Å²) in [5.74, 6) is -0.508. The molecule has 0 aliphatic carbocycles. The summed E-state index contributed by atoms with van der Waals surface area (Å²) < 4.78 is 0. The van der Waals surface area contributed by atoms with E-state index in [1.54, 1.807) is 30.3 Å². The molecule has 0 fully saturated rings. The molecule has 0 saturated heterocycles. The molecule has 0 heterocycles. The van der Waals surface area contributed by atoms with Crippen LogP contribution in [0, 0.1) is 0 Å². The van der Waals surface area contributed by atoms with E-state index in [9.17, 15) is 10.0 Å². The maximum Gasteiger partial charge on any atom is 0.277 e. The summed E-state index contributed by atoms with van der Waals surface area (Å²) in [5, 5.41) is 18.7. The van der Waals surface area contributed by atoms with E-state index >= 15 is 0 Å². The topological polar surface area (TPSA) is 60.8 Å². The first-order valence-electron chi connectivity index (χ1n) is 4.35. The van der Waals surface area contributed by atoms with Crippen molar-refractivity contribution in [3.05, 3.63) is 35.9 Å². The van der Waals surface area contributed by atoms with Crippen molar-refractivity contribution in [2.45, 2.75) is 13.0 Å². The van der Waals surface area contributed by atoms with E-state index in [1.807, 2.05) is 0 Å². The number of hydroxylamine groups is 2. The summed E-state index contributed by atoms with van der Waals surface area (Å²) in [4.78, 5) is 11.4. The van der Waals surface area contributed by atoms with Crippen LogP contribution in [0.1, 0.15) is 17.3 Å². The van der Waals surface area contributed by atoms with Gasteiger partial charge in [-0.15, -0.1) is 0 Å². The van der Waals surface area contributed by atoms with Crippen LogP contribution in [0.15, 0.2) is 30.3 Å². The van der Waals surface area contributed by atoms with Gasteiger partial charge in [0.2, 0.25) is 0 Å². The number of aliphatic hydroxyl groups excluding tert-OH is 1. The highest BCUT2D eigenvalue weighted by Crippen LogP contribution is 2.03. The van der Waals surface area contributed by atoms with Crippen LogP contribution in [0.2, 0.25) is 0 Å². The Hall–Kier alpha value is -1.39. The van der Waals surface area contributed by atoms with Crippen molar-refractivity contribution in [3.63, 3.8) is 0 Å². The number of carbonyl (C=O) groups is 1. The van der Waals surface area contributed by atoms with Gasteiger partial charge in [-0.1, -0.05) is 18.2 Å². The molecule has 0 saturated carbocycles. The summed E-state index contributed by atoms with van der Waals surface area (Å²) in [6, 6.07) is 8.42. The normalized spacial score (nSPS) is 12.2. The molecule has 0 bridgehead atoms. The first-order valence-corrected chi connectivity index (χ1v) is 4.35. The molecule has 0 aliphatic heterocycles. The fraction of sp³-hybridized carbons (Fsp3) is 0.300. The average molecular weight is 195 g/mol. The van der Waals surface area contributed by atoms with E-state index in [0.29, 0.717) is 10.6 Å². The van der Waals surface area contributed by atoms with Crippen LogP contribution in [0.25, 0.3) is 0 Å². The largest absolute Gasteiger partial charge is 0.391 e. The predicted octanol–water partition coefficient (Wildman–Crippen LogP) is 0.899. The van der Waals surface area contributed by atoms with Gasteiger partial charge in [-0.3, -0.25) is 10.0 Å². The fourth-order valence-electron chi connectivity index (χ4n) is 1.06. The predicted molar refractivity (Wildman–Crippen MR) is 50.9 cm³/mol. The molecule has 1 aromatic carbocycles. The first-order chi connectivity index (χ1) is 6.61. The van der Waals surface area contributed by atoms with Crippen molar-refractivity contribution >= 4 is 5.91 Å². The van der Waals surface area contributed by atoms with Crippen LogP contribution in [-0.4, -0.2) is 33.9 Å². The number of hydrogen-bond donors (Lipinski definition) is 2. The van der Waals surface area contributed by atoms with Gasteiger partial charge in [0.05, 0.1) is 12.6 Å². The Morgan fingerprint density at radius 1 is 1.43 bits per heavy atom. The molecule has 4 heteroatoms. The second-order valence-corrected chi connectivity index (χ2v) is 3.10. The molecule has 0 spiro atoms. The number of amides is 1. The number of hydrogen-bond acceptors (Lipinski definition) is 3. The van der Waals surface area contributed by atoms with Gasteiger partial charge in [-0.2, -0.15) is 0 Å². The Balaban J connectivity index is 2.66. The van der Waals surface area contributed by atoms with E-state index in [4.69, 9.17) is 5.11 Å². The molecule has 0 aliphatic rings. The third-order valence-electron chi connectivity index (χ3n) is 1.69. The highest BCUT2D eigenvalue weighted by atomic mass is 16.5. The monoisotopic (exact) mass is 195 g/mol. The molecule has 2 N–H and O–H groups in total. The average Bonchev–Trinajstić information content (AvgIpc) is 2.17. The van der Waals surface area contributed by atoms with E-state index in [0.717, 1.165) is 0 Å². The second kappa shape index (κ2) is 4.74. The smallest absolute Gasteiger partial charge is 0.277 e. The van der Waals surface area contributed by atoms with Gasteiger partial charge in [-0.05, 0) is 19.1 Å². The van der Waals surface area contributed by atoms with Crippen molar-refractivity contribution < 1.29 is 15.1 Å². The second-order valence-electron chi connectivity index (χ2n) is 3.10. The van der Waals surface area contributed by atoms with Crippen LogP contribution >= 0.6 is 0 Å². The Kier molecular flexibility index (Phi) is 3.62. The Labute approximate surface area is 82.4 Å². The highest BCUT2D eigenvalue weighted by molar-refractivity contribution is 5.93. The van der Waals surface area contributed by atoms with E-state index in [-0.39, 0.29) is 6.54 Å². The zero-order chi connectivity index (χ0) is 10.6. The number of benzene rings is 1. The molecule has 76 valence electrons. The highest BCUT2D eigenvalue weighted by Gasteiger charge is 2.14. The lowest BCUT2D eigenvalue weighted by Gasteiger charge is -2.16. The standard InChI is InChI=1S/C10H13NO3/c1-8(12)7-11(14)10(13)9-5-3-2-4-6-9/h2-6,8,12,14H,7H2,1H3. The van der Waals surface area contributed by atoms with Gasteiger partial charge in [0.1, 0.15) is 0 Å². The van der Waals surface area contributed by atoms with Crippen LogP contribution < -0.4 is 0 Å². The minimum absolute atomic E-state index is 0.0896. The first kappa shape index (κ1) is 10.7. The van der Waals surface area contributed by atoms with E-state index in [2.05, 4.69) is 0 Å². The van der Waals surface area contributed by atoms with Gasteiger partial charge in [0, 0.05) is 5.56 Å². The maximum atomic E-state index is 11.4. The van der Waals surface area contributed by atoms with Crippen molar-refractivity contribution in [2.24, 2.45) is 0 Å². The molecular weight excluding hydrogens is 182 g/mol. The van der Waals surface area contributed by atoms with Crippen molar-refractivity contribution in [2.75, 3.05) is 6.54 Å². The fourth-order valence-corrected chi connectivity index (χ4v) is 1.06. The number of carbonyl (C=O) groups excluding carboxylic acids is 1. The van der Waals surface area contributed by atoms with Crippen LogP contribution in [0.3, 0.4) is 0 Å². The summed E-state index contributed by atoms with van der Waals surface area (Å²) in [6.07, 6.45) is -0.743. The molecule has 1 atom stereocenters. The van der Waals surface area contributed by atoms with Crippen LogP contribution in [-0.2, 0) is 0 Å². The zero-order valence-corrected chi connectivity index (χ0v) is 7.92. The summed E-state index contributed by atoms with van der Waals surface area (Å²) in [6.45, 7) is 1.41. The molecule has 0 aromatic heterocycles. The molecule has 14 heavy (non-hydrogen) atoms. The summed E-state index contributed by atoms with van der Waals surface area (Å²) in [7, 11) is 0. The minimum atomic E-state index is -0.743. The Bertz CT molecular complexity index is 297. The van der Waals surface area contributed by atoms with Gasteiger partial charge in [-0.25, -0.2) is 5.06 Å². The third-order valence-corrected chi connectivity index (χ3v) is 1.69. The maximum absolute atomic E-state index is 11.4. The minimum Gasteiger partial charge on any atom is -0.391 e. The number of rotatable bonds is 3. The van der Waals surface area contributed by atoms with Crippen molar-refractivity contribution in [1.82, 2.24) is 5.06 Å². The van der Waals surface area contributed by atoms with Crippen molar-refractivity contribution in [1.29, 1.82) is 0 Å². The molecule has 1 aromatic rings. The van der Waals surface area contributed by atoms with Gasteiger partial charge >= 0.3 is 0 Å². The zero-order valence-electron chi connectivity index (χ0n) is 7.92. The lowest BCUT2D eigenvalue weighted by molar-refractivity contribution is -0.0768. The van der Waals surface area contributed by atoms with Gasteiger partial charge < -0.3 is 5.11 Å². The Morgan fingerprint density at radius 3 is 2.50 bits per heavy atom.